The van der Waals surface area contributed by atoms with Crippen LogP contribution in [0.2, 0.25) is 5.02 Å². The van der Waals surface area contributed by atoms with E-state index in [-0.39, 0.29) is 0 Å². The Bertz CT molecular complexity index is 298. The van der Waals surface area contributed by atoms with Crippen molar-refractivity contribution in [3.63, 3.8) is 0 Å². The molecule has 0 spiro atoms. The third-order valence-electron chi connectivity index (χ3n) is 3.23. The number of rotatable bonds is 1. The molecule has 1 aromatic rings. The van der Waals surface area contributed by atoms with Crippen LogP contribution in [0, 0.1) is 0 Å². The van der Waals surface area contributed by atoms with Crippen molar-refractivity contribution in [1.82, 2.24) is 0 Å². The molecule has 1 aliphatic rings. The zero-order chi connectivity index (χ0) is 9.31. The molecule has 1 aliphatic carbocycles. The Morgan fingerprint density at radius 1 is 1.23 bits per heavy atom. The maximum absolute atomic E-state index is 5.99. The zero-order valence-electron chi connectivity index (χ0n) is 8.02. The minimum absolute atomic E-state index is 0.394. The van der Waals surface area contributed by atoms with E-state index in [1.165, 1.54) is 31.2 Å². The molecule has 0 amide bonds. The smallest absolute Gasteiger partial charge is 0.0408 e. The van der Waals surface area contributed by atoms with Gasteiger partial charge in [-0.15, -0.1) is 0 Å². The molecule has 1 aromatic carbocycles. The zero-order valence-corrected chi connectivity index (χ0v) is 8.77. The second-order valence-corrected chi connectivity index (χ2v) is 4.71. The van der Waals surface area contributed by atoms with Crippen molar-refractivity contribution in [3.05, 3.63) is 34.9 Å². The van der Waals surface area contributed by atoms with E-state index in [0.29, 0.717) is 5.41 Å². The van der Waals surface area contributed by atoms with Gasteiger partial charge in [-0.3, -0.25) is 0 Å². The van der Waals surface area contributed by atoms with Gasteiger partial charge in [0, 0.05) is 5.02 Å². The third kappa shape index (κ3) is 1.73. The van der Waals surface area contributed by atoms with E-state index in [4.69, 9.17) is 11.6 Å². The van der Waals surface area contributed by atoms with Crippen molar-refractivity contribution in [2.24, 2.45) is 0 Å². The number of hydrogen-bond donors (Lipinski definition) is 0. The summed E-state index contributed by atoms with van der Waals surface area (Å²) in [5.74, 6) is 0. The van der Waals surface area contributed by atoms with Gasteiger partial charge in [0.25, 0.3) is 0 Å². The first-order valence-corrected chi connectivity index (χ1v) is 5.35. The largest absolute Gasteiger partial charge is 0.0843 e. The van der Waals surface area contributed by atoms with Crippen molar-refractivity contribution < 1.29 is 0 Å². The highest BCUT2D eigenvalue weighted by Gasteiger charge is 2.30. The van der Waals surface area contributed by atoms with Crippen molar-refractivity contribution in [1.29, 1.82) is 0 Å². The monoisotopic (exact) mass is 194 g/mol. The lowest BCUT2D eigenvalue weighted by molar-refractivity contribution is 0.491. The summed E-state index contributed by atoms with van der Waals surface area (Å²) in [4.78, 5) is 0. The van der Waals surface area contributed by atoms with Crippen LogP contribution in [-0.2, 0) is 5.41 Å². The van der Waals surface area contributed by atoms with E-state index in [9.17, 15) is 0 Å². The SMILES string of the molecule is CC1(c2cccc(Cl)c2)CCCC1. The number of halogens is 1. The molecular formula is C12H15Cl. The molecule has 0 radical (unpaired) electrons. The Kier molecular flexibility index (Phi) is 2.33. The van der Waals surface area contributed by atoms with E-state index in [0.717, 1.165) is 5.02 Å². The summed E-state index contributed by atoms with van der Waals surface area (Å²) in [5, 5.41) is 0.866. The lowest BCUT2D eigenvalue weighted by Crippen LogP contribution is -2.16. The molecule has 0 aliphatic heterocycles. The van der Waals surface area contributed by atoms with E-state index < -0.39 is 0 Å². The standard InChI is InChI=1S/C12H15Cl/c1-12(7-2-3-8-12)10-5-4-6-11(13)9-10/h4-6,9H,2-3,7-8H2,1H3. The second-order valence-electron chi connectivity index (χ2n) is 4.28. The lowest BCUT2D eigenvalue weighted by atomic mass is 9.81. The van der Waals surface area contributed by atoms with Crippen molar-refractivity contribution in [3.8, 4) is 0 Å². The van der Waals surface area contributed by atoms with Crippen LogP contribution < -0.4 is 0 Å². The minimum atomic E-state index is 0.394. The first-order valence-electron chi connectivity index (χ1n) is 4.97. The van der Waals surface area contributed by atoms with Gasteiger partial charge >= 0.3 is 0 Å². The molecule has 0 unspecified atom stereocenters. The Hall–Kier alpha value is -0.490. The summed E-state index contributed by atoms with van der Waals surface area (Å²) in [7, 11) is 0. The molecule has 0 heterocycles. The average molecular weight is 195 g/mol. The van der Waals surface area contributed by atoms with E-state index in [1.807, 2.05) is 6.07 Å². The van der Waals surface area contributed by atoms with Crippen LogP contribution in [-0.4, -0.2) is 0 Å². The summed E-state index contributed by atoms with van der Waals surface area (Å²) in [5.41, 5.74) is 1.81. The van der Waals surface area contributed by atoms with Crippen molar-refractivity contribution in [2.75, 3.05) is 0 Å². The minimum Gasteiger partial charge on any atom is -0.0843 e. The van der Waals surface area contributed by atoms with Crippen LogP contribution in [0.3, 0.4) is 0 Å². The fourth-order valence-corrected chi connectivity index (χ4v) is 2.50. The molecule has 2 rings (SSSR count). The Balaban J connectivity index is 2.33. The molecule has 0 aromatic heterocycles. The maximum Gasteiger partial charge on any atom is 0.0408 e. The van der Waals surface area contributed by atoms with Crippen LogP contribution in [0.5, 0.6) is 0 Å². The topological polar surface area (TPSA) is 0 Å². The number of hydrogen-bond acceptors (Lipinski definition) is 0. The molecule has 0 nitrogen and oxygen atoms in total. The maximum atomic E-state index is 5.99. The molecule has 0 atom stereocenters. The van der Waals surface area contributed by atoms with Gasteiger partial charge in [0.15, 0.2) is 0 Å². The predicted octanol–water partition coefficient (Wildman–Crippen LogP) is 4.17. The van der Waals surface area contributed by atoms with Crippen molar-refractivity contribution >= 4 is 11.6 Å². The lowest BCUT2D eigenvalue weighted by Gasteiger charge is -2.24. The molecule has 1 saturated carbocycles. The van der Waals surface area contributed by atoms with Crippen LogP contribution in [0.15, 0.2) is 24.3 Å². The summed E-state index contributed by atoms with van der Waals surface area (Å²) in [6.07, 6.45) is 5.35. The first-order chi connectivity index (χ1) is 6.21. The molecule has 0 bridgehead atoms. The van der Waals surface area contributed by atoms with Gasteiger partial charge in [-0.1, -0.05) is 43.5 Å². The molecular weight excluding hydrogens is 180 g/mol. The van der Waals surface area contributed by atoms with Gasteiger partial charge in [0.2, 0.25) is 0 Å². The van der Waals surface area contributed by atoms with Crippen LogP contribution in [0.25, 0.3) is 0 Å². The fraction of sp³-hybridized carbons (Fsp3) is 0.500. The Labute approximate surface area is 84.9 Å². The third-order valence-corrected chi connectivity index (χ3v) is 3.46. The molecule has 1 fully saturated rings. The van der Waals surface area contributed by atoms with Gasteiger partial charge in [0.1, 0.15) is 0 Å². The molecule has 13 heavy (non-hydrogen) atoms. The summed E-state index contributed by atoms with van der Waals surface area (Å²) >= 11 is 5.99. The fourth-order valence-electron chi connectivity index (χ4n) is 2.31. The van der Waals surface area contributed by atoms with Gasteiger partial charge in [-0.05, 0) is 36.0 Å². The van der Waals surface area contributed by atoms with E-state index >= 15 is 0 Å². The number of benzene rings is 1. The van der Waals surface area contributed by atoms with Gasteiger partial charge in [-0.2, -0.15) is 0 Å². The Morgan fingerprint density at radius 3 is 2.54 bits per heavy atom. The highest BCUT2D eigenvalue weighted by molar-refractivity contribution is 6.30. The highest BCUT2D eigenvalue weighted by atomic mass is 35.5. The van der Waals surface area contributed by atoms with E-state index in [1.54, 1.807) is 0 Å². The predicted molar refractivity (Wildman–Crippen MR) is 57.3 cm³/mol. The molecule has 1 heteroatoms. The van der Waals surface area contributed by atoms with E-state index in [2.05, 4.69) is 25.1 Å². The van der Waals surface area contributed by atoms with Crippen LogP contribution >= 0.6 is 11.6 Å². The average Bonchev–Trinajstić information content (AvgIpc) is 2.54. The van der Waals surface area contributed by atoms with Gasteiger partial charge in [-0.25, -0.2) is 0 Å². The Morgan fingerprint density at radius 2 is 1.92 bits per heavy atom. The second kappa shape index (κ2) is 3.34. The van der Waals surface area contributed by atoms with Crippen molar-refractivity contribution in [2.45, 2.75) is 38.0 Å². The quantitative estimate of drug-likeness (QED) is 0.630. The summed E-state index contributed by atoms with van der Waals surface area (Å²) < 4.78 is 0. The van der Waals surface area contributed by atoms with Crippen LogP contribution in [0.1, 0.15) is 38.2 Å². The van der Waals surface area contributed by atoms with Gasteiger partial charge in [0.05, 0.1) is 0 Å². The van der Waals surface area contributed by atoms with Crippen LogP contribution in [0.4, 0.5) is 0 Å². The molecule has 0 N–H and O–H groups in total. The van der Waals surface area contributed by atoms with Gasteiger partial charge < -0.3 is 0 Å². The first kappa shape index (κ1) is 9.08. The summed E-state index contributed by atoms with van der Waals surface area (Å²) in [6.45, 7) is 2.35. The summed E-state index contributed by atoms with van der Waals surface area (Å²) in [6, 6.07) is 8.33. The molecule has 70 valence electrons. The molecule has 0 saturated heterocycles. The normalized spacial score (nSPS) is 20.5. The highest BCUT2D eigenvalue weighted by Crippen LogP contribution is 2.40.